The van der Waals surface area contributed by atoms with Crippen molar-refractivity contribution < 1.29 is 19.1 Å². The molecule has 0 aliphatic heterocycles. The summed E-state index contributed by atoms with van der Waals surface area (Å²) in [5, 5.41) is 5.69. The summed E-state index contributed by atoms with van der Waals surface area (Å²) in [4.78, 5) is 37.8. The van der Waals surface area contributed by atoms with Crippen molar-refractivity contribution in [1.82, 2.24) is 5.32 Å². The highest BCUT2D eigenvalue weighted by Crippen LogP contribution is 2.16. The first kappa shape index (κ1) is 22.6. The molecular weight excluding hydrogens is 406 g/mol. The number of rotatable bonds is 7. The van der Waals surface area contributed by atoms with Gasteiger partial charge in [0, 0.05) is 50.1 Å². The SMILES string of the molecule is CC(=O)Oc1cccc(C(=O)NCc2ccc(NC(=O)c3ccc(N(C)C)cc3)cc2)c1. The second kappa shape index (κ2) is 10.3. The highest BCUT2D eigenvalue weighted by molar-refractivity contribution is 6.04. The summed E-state index contributed by atoms with van der Waals surface area (Å²) in [5.74, 6) is -0.594. The Labute approximate surface area is 187 Å². The molecule has 0 saturated heterocycles. The van der Waals surface area contributed by atoms with Crippen LogP contribution in [0.2, 0.25) is 0 Å². The summed E-state index contributed by atoms with van der Waals surface area (Å²) in [5.41, 5.74) is 3.53. The van der Waals surface area contributed by atoms with Gasteiger partial charge in [-0.3, -0.25) is 14.4 Å². The summed E-state index contributed by atoms with van der Waals surface area (Å²) in [6.45, 7) is 1.62. The second-order valence-corrected chi connectivity index (χ2v) is 7.40. The molecule has 0 saturated carbocycles. The number of esters is 1. The van der Waals surface area contributed by atoms with Crippen LogP contribution in [0.4, 0.5) is 11.4 Å². The lowest BCUT2D eigenvalue weighted by Gasteiger charge is -2.13. The third kappa shape index (κ3) is 6.18. The average molecular weight is 431 g/mol. The van der Waals surface area contributed by atoms with Gasteiger partial charge in [-0.2, -0.15) is 0 Å². The quantitative estimate of drug-likeness (QED) is 0.438. The predicted molar refractivity (Wildman–Crippen MR) is 124 cm³/mol. The zero-order valence-corrected chi connectivity index (χ0v) is 18.2. The van der Waals surface area contributed by atoms with E-state index in [4.69, 9.17) is 4.74 Å². The van der Waals surface area contributed by atoms with E-state index in [0.29, 0.717) is 29.1 Å². The zero-order valence-electron chi connectivity index (χ0n) is 18.2. The molecule has 0 radical (unpaired) electrons. The maximum absolute atomic E-state index is 12.4. The molecule has 0 aliphatic rings. The van der Waals surface area contributed by atoms with Crippen molar-refractivity contribution in [2.75, 3.05) is 24.3 Å². The monoisotopic (exact) mass is 431 g/mol. The van der Waals surface area contributed by atoms with Crippen LogP contribution in [0, 0.1) is 0 Å². The highest BCUT2D eigenvalue weighted by Gasteiger charge is 2.09. The van der Waals surface area contributed by atoms with Gasteiger partial charge in [0.2, 0.25) is 0 Å². The Kier molecular flexibility index (Phi) is 7.23. The van der Waals surface area contributed by atoms with Crippen LogP contribution in [0.15, 0.2) is 72.8 Å². The van der Waals surface area contributed by atoms with Crippen molar-refractivity contribution in [1.29, 1.82) is 0 Å². The summed E-state index contributed by atoms with van der Waals surface area (Å²) in [6, 6.07) is 21.0. The van der Waals surface area contributed by atoms with E-state index in [1.54, 1.807) is 42.5 Å². The summed E-state index contributed by atoms with van der Waals surface area (Å²) in [6.07, 6.45) is 0. The predicted octanol–water partition coefficient (Wildman–Crippen LogP) is 3.86. The molecule has 7 nitrogen and oxygen atoms in total. The van der Waals surface area contributed by atoms with Crippen LogP contribution in [0.25, 0.3) is 0 Å². The average Bonchev–Trinajstić information content (AvgIpc) is 2.78. The number of amides is 2. The van der Waals surface area contributed by atoms with Crippen LogP contribution in [0.3, 0.4) is 0 Å². The van der Waals surface area contributed by atoms with E-state index in [1.165, 1.54) is 13.0 Å². The number of nitrogens with one attached hydrogen (secondary N) is 2. The number of nitrogens with zero attached hydrogens (tertiary/aromatic N) is 1. The van der Waals surface area contributed by atoms with Gasteiger partial charge < -0.3 is 20.3 Å². The molecule has 0 aliphatic carbocycles. The fourth-order valence-corrected chi connectivity index (χ4v) is 2.97. The maximum atomic E-state index is 12.4. The van der Waals surface area contributed by atoms with Crippen LogP contribution in [-0.4, -0.2) is 31.9 Å². The molecule has 0 fully saturated rings. The Hall–Kier alpha value is -4.13. The third-order valence-corrected chi connectivity index (χ3v) is 4.67. The minimum atomic E-state index is -0.444. The van der Waals surface area contributed by atoms with Gasteiger partial charge in [-0.05, 0) is 60.2 Å². The molecule has 0 aromatic heterocycles. The van der Waals surface area contributed by atoms with Gasteiger partial charge in [-0.25, -0.2) is 0 Å². The molecule has 7 heteroatoms. The summed E-state index contributed by atoms with van der Waals surface area (Å²) < 4.78 is 5.01. The van der Waals surface area contributed by atoms with Gasteiger partial charge in [0.25, 0.3) is 11.8 Å². The lowest BCUT2D eigenvalue weighted by molar-refractivity contribution is -0.131. The molecule has 0 atom stereocenters. The number of carbonyl (C=O) groups is 3. The normalized spacial score (nSPS) is 10.2. The highest BCUT2D eigenvalue weighted by atomic mass is 16.5. The molecule has 0 spiro atoms. The van der Waals surface area contributed by atoms with E-state index >= 15 is 0 Å². The van der Waals surface area contributed by atoms with Gasteiger partial charge in [-0.1, -0.05) is 18.2 Å². The number of benzene rings is 3. The fourth-order valence-electron chi connectivity index (χ4n) is 2.97. The summed E-state index contributed by atoms with van der Waals surface area (Å²) >= 11 is 0. The van der Waals surface area contributed by atoms with Gasteiger partial charge in [0.15, 0.2) is 0 Å². The second-order valence-electron chi connectivity index (χ2n) is 7.40. The molecular formula is C25H25N3O4. The lowest BCUT2D eigenvalue weighted by Crippen LogP contribution is -2.22. The van der Waals surface area contributed by atoms with Gasteiger partial charge >= 0.3 is 5.97 Å². The van der Waals surface area contributed by atoms with E-state index in [0.717, 1.165) is 11.3 Å². The minimum absolute atomic E-state index is 0.191. The smallest absolute Gasteiger partial charge is 0.308 e. The van der Waals surface area contributed by atoms with Crippen LogP contribution >= 0.6 is 0 Å². The van der Waals surface area contributed by atoms with E-state index < -0.39 is 5.97 Å². The Morgan fingerprint density at radius 2 is 1.53 bits per heavy atom. The van der Waals surface area contributed by atoms with Crippen LogP contribution in [0.1, 0.15) is 33.2 Å². The molecule has 3 rings (SSSR count). The van der Waals surface area contributed by atoms with Crippen molar-refractivity contribution in [3.8, 4) is 5.75 Å². The van der Waals surface area contributed by atoms with Gasteiger partial charge in [0.05, 0.1) is 0 Å². The van der Waals surface area contributed by atoms with E-state index in [9.17, 15) is 14.4 Å². The van der Waals surface area contributed by atoms with E-state index in [-0.39, 0.29) is 11.8 Å². The first-order chi connectivity index (χ1) is 15.3. The molecule has 0 unspecified atom stereocenters. The topological polar surface area (TPSA) is 87.7 Å². The van der Waals surface area contributed by atoms with Crippen molar-refractivity contribution in [3.63, 3.8) is 0 Å². The standard InChI is InChI=1S/C25H25N3O4/c1-17(29)32-23-6-4-5-20(15-23)24(30)26-16-18-7-11-21(12-8-18)27-25(31)19-9-13-22(14-10-19)28(2)3/h4-15H,16H2,1-3H3,(H,26,30)(H,27,31). The van der Waals surface area contributed by atoms with Crippen LogP contribution in [0.5, 0.6) is 5.75 Å². The molecule has 2 N–H and O–H groups in total. The molecule has 3 aromatic rings. The number of ether oxygens (including phenoxy) is 1. The molecule has 164 valence electrons. The zero-order chi connectivity index (χ0) is 23.1. The Morgan fingerprint density at radius 1 is 0.844 bits per heavy atom. The van der Waals surface area contributed by atoms with E-state index in [2.05, 4.69) is 10.6 Å². The first-order valence-corrected chi connectivity index (χ1v) is 10.1. The molecule has 0 heterocycles. The van der Waals surface area contributed by atoms with Crippen LogP contribution < -0.4 is 20.3 Å². The lowest BCUT2D eigenvalue weighted by atomic mass is 10.1. The minimum Gasteiger partial charge on any atom is -0.427 e. The van der Waals surface area contributed by atoms with Crippen molar-refractivity contribution >= 4 is 29.2 Å². The first-order valence-electron chi connectivity index (χ1n) is 10.1. The van der Waals surface area contributed by atoms with Gasteiger partial charge in [0.1, 0.15) is 5.75 Å². The van der Waals surface area contributed by atoms with Crippen molar-refractivity contribution in [3.05, 3.63) is 89.5 Å². The molecule has 2 amide bonds. The Bertz CT molecular complexity index is 1110. The molecule has 32 heavy (non-hydrogen) atoms. The third-order valence-electron chi connectivity index (χ3n) is 4.67. The van der Waals surface area contributed by atoms with Crippen molar-refractivity contribution in [2.45, 2.75) is 13.5 Å². The Balaban J connectivity index is 1.55. The fraction of sp³-hybridized carbons (Fsp3) is 0.160. The molecule has 3 aromatic carbocycles. The van der Waals surface area contributed by atoms with Crippen molar-refractivity contribution in [2.24, 2.45) is 0 Å². The van der Waals surface area contributed by atoms with E-state index in [1.807, 2.05) is 43.3 Å². The maximum Gasteiger partial charge on any atom is 0.308 e. The van der Waals surface area contributed by atoms with Crippen LogP contribution in [-0.2, 0) is 11.3 Å². The summed E-state index contributed by atoms with van der Waals surface area (Å²) in [7, 11) is 3.89. The number of anilines is 2. The largest absolute Gasteiger partial charge is 0.427 e. The number of hydrogen-bond donors (Lipinski definition) is 2. The Morgan fingerprint density at radius 3 is 2.16 bits per heavy atom. The number of hydrogen-bond acceptors (Lipinski definition) is 5. The molecule has 0 bridgehead atoms. The van der Waals surface area contributed by atoms with Gasteiger partial charge in [-0.15, -0.1) is 0 Å². The number of carbonyl (C=O) groups excluding carboxylic acids is 3.